The van der Waals surface area contributed by atoms with Gasteiger partial charge in [-0.3, -0.25) is 14.7 Å². The standard InChI is InChI=1S/C23H31FN4O2/c1-14-5-6-18(12-21(14)24)13-25-22(29)19-7-9-28(10-8-19)23(30)15(2)11-20-16(3)26-27-17(20)4/h5-6,12,15,19H,7-11,13H2,1-4H3,(H,25,29)(H,26,27)/t15-/m1/s1. The summed E-state index contributed by atoms with van der Waals surface area (Å²) in [5.41, 5.74) is 4.40. The van der Waals surface area contributed by atoms with Crippen molar-refractivity contribution in [3.63, 3.8) is 0 Å². The van der Waals surface area contributed by atoms with Crippen molar-refractivity contribution in [2.75, 3.05) is 13.1 Å². The number of aromatic nitrogens is 2. The lowest BCUT2D eigenvalue weighted by Crippen LogP contribution is -2.44. The van der Waals surface area contributed by atoms with E-state index in [1.165, 1.54) is 6.07 Å². The quantitative estimate of drug-likeness (QED) is 0.762. The lowest BCUT2D eigenvalue weighted by Gasteiger charge is -2.33. The second-order valence-corrected chi connectivity index (χ2v) is 8.42. The number of amides is 2. The fraction of sp³-hybridized carbons (Fsp3) is 0.522. The Morgan fingerprint density at radius 3 is 2.57 bits per heavy atom. The zero-order chi connectivity index (χ0) is 21.8. The normalized spacial score (nSPS) is 15.8. The Kier molecular flexibility index (Phi) is 6.90. The number of likely N-dealkylation sites (tertiary alicyclic amines) is 1. The van der Waals surface area contributed by atoms with E-state index in [4.69, 9.17) is 0 Å². The molecule has 3 rings (SSSR count). The number of halogens is 1. The van der Waals surface area contributed by atoms with Crippen molar-refractivity contribution in [2.24, 2.45) is 11.8 Å². The first-order valence-electron chi connectivity index (χ1n) is 10.6. The fourth-order valence-electron chi connectivity index (χ4n) is 4.02. The molecule has 0 spiro atoms. The Hall–Kier alpha value is -2.70. The first-order valence-corrected chi connectivity index (χ1v) is 10.6. The molecule has 1 saturated heterocycles. The van der Waals surface area contributed by atoms with Crippen molar-refractivity contribution in [3.05, 3.63) is 52.1 Å². The predicted octanol–water partition coefficient (Wildman–Crippen LogP) is 3.21. The van der Waals surface area contributed by atoms with Gasteiger partial charge in [-0.2, -0.15) is 5.10 Å². The molecule has 1 atom stereocenters. The molecule has 1 aliphatic heterocycles. The Bertz CT molecular complexity index is 896. The SMILES string of the molecule is Cc1ccc(CNC(=O)C2CCN(C(=O)[C@H](C)Cc3c(C)n[nH]c3C)CC2)cc1F. The van der Waals surface area contributed by atoms with Gasteiger partial charge >= 0.3 is 0 Å². The largest absolute Gasteiger partial charge is 0.352 e. The number of nitrogens with one attached hydrogen (secondary N) is 2. The Labute approximate surface area is 177 Å². The van der Waals surface area contributed by atoms with E-state index < -0.39 is 0 Å². The molecule has 0 unspecified atom stereocenters. The van der Waals surface area contributed by atoms with Crippen LogP contribution in [-0.4, -0.2) is 40.0 Å². The molecule has 1 fully saturated rings. The van der Waals surface area contributed by atoms with Crippen LogP contribution >= 0.6 is 0 Å². The van der Waals surface area contributed by atoms with Crippen molar-refractivity contribution in [2.45, 2.75) is 53.5 Å². The van der Waals surface area contributed by atoms with Crippen LogP contribution < -0.4 is 5.32 Å². The van der Waals surface area contributed by atoms with Crippen LogP contribution in [0.3, 0.4) is 0 Å². The van der Waals surface area contributed by atoms with E-state index in [1.807, 2.05) is 31.7 Å². The minimum atomic E-state index is -0.261. The highest BCUT2D eigenvalue weighted by Gasteiger charge is 2.29. The summed E-state index contributed by atoms with van der Waals surface area (Å²) in [6.07, 6.45) is 1.97. The first-order chi connectivity index (χ1) is 14.3. The highest BCUT2D eigenvalue weighted by molar-refractivity contribution is 5.81. The van der Waals surface area contributed by atoms with Gasteiger partial charge in [0.25, 0.3) is 0 Å². The lowest BCUT2D eigenvalue weighted by atomic mass is 9.93. The molecular formula is C23H31FN4O2. The summed E-state index contributed by atoms with van der Waals surface area (Å²) in [7, 11) is 0. The molecule has 1 aromatic carbocycles. The first kappa shape index (κ1) is 22.0. The third kappa shape index (κ3) is 5.07. The maximum atomic E-state index is 13.7. The van der Waals surface area contributed by atoms with Crippen LogP contribution in [0, 0.1) is 38.4 Å². The van der Waals surface area contributed by atoms with E-state index in [9.17, 15) is 14.0 Å². The number of carbonyl (C=O) groups is 2. The topological polar surface area (TPSA) is 78.1 Å². The molecule has 2 aromatic rings. The van der Waals surface area contributed by atoms with Crippen LogP contribution in [0.25, 0.3) is 0 Å². The van der Waals surface area contributed by atoms with Crippen LogP contribution in [0.2, 0.25) is 0 Å². The number of aromatic amines is 1. The molecule has 6 nitrogen and oxygen atoms in total. The van der Waals surface area contributed by atoms with E-state index in [-0.39, 0.29) is 29.5 Å². The molecule has 1 aromatic heterocycles. The average Bonchev–Trinajstić information content (AvgIpc) is 3.06. The van der Waals surface area contributed by atoms with Gasteiger partial charge in [-0.25, -0.2) is 4.39 Å². The highest BCUT2D eigenvalue weighted by Crippen LogP contribution is 2.22. The Morgan fingerprint density at radius 2 is 1.97 bits per heavy atom. The summed E-state index contributed by atoms with van der Waals surface area (Å²) < 4.78 is 13.7. The van der Waals surface area contributed by atoms with E-state index in [2.05, 4.69) is 15.5 Å². The summed E-state index contributed by atoms with van der Waals surface area (Å²) in [4.78, 5) is 27.2. The van der Waals surface area contributed by atoms with E-state index in [1.54, 1.807) is 13.0 Å². The molecule has 0 saturated carbocycles. The molecule has 162 valence electrons. The van der Waals surface area contributed by atoms with E-state index >= 15 is 0 Å². The molecule has 7 heteroatoms. The van der Waals surface area contributed by atoms with Gasteiger partial charge in [0, 0.05) is 37.2 Å². The molecular weight excluding hydrogens is 383 g/mol. The molecule has 0 radical (unpaired) electrons. The van der Waals surface area contributed by atoms with Crippen molar-refractivity contribution in [1.82, 2.24) is 20.4 Å². The number of carbonyl (C=O) groups excluding carboxylic acids is 2. The molecule has 2 amide bonds. The van der Waals surface area contributed by atoms with Gasteiger partial charge in [-0.05, 0) is 62.8 Å². The summed E-state index contributed by atoms with van der Waals surface area (Å²) in [6, 6.07) is 5.00. The molecule has 2 heterocycles. The minimum Gasteiger partial charge on any atom is -0.352 e. The van der Waals surface area contributed by atoms with Crippen LogP contribution in [0.15, 0.2) is 18.2 Å². The molecule has 30 heavy (non-hydrogen) atoms. The maximum Gasteiger partial charge on any atom is 0.225 e. The number of nitrogens with zero attached hydrogens (tertiary/aromatic N) is 2. The number of H-pyrrole nitrogens is 1. The smallest absolute Gasteiger partial charge is 0.225 e. The van der Waals surface area contributed by atoms with Gasteiger partial charge in [0.1, 0.15) is 5.82 Å². The van der Waals surface area contributed by atoms with Crippen molar-refractivity contribution in [3.8, 4) is 0 Å². The monoisotopic (exact) mass is 414 g/mol. The fourth-order valence-corrected chi connectivity index (χ4v) is 4.02. The summed E-state index contributed by atoms with van der Waals surface area (Å²) in [5.74, 6) is -0.395. The van der Waals surface area contributed by atoms with Crippen LogP contribution in [-0.2, 0) is 22.6 Å². The van der Waals surface area contributed by atoms with Gasteiger partial charge in [0.2, 0.25) is 11.8 Å². The van der Waals surface area contributed by atoms with Crippen molar-refractivity contribution in [1.29, 1.82) is 0 Å². The van der Waals surface area contributed by atoms with Crippen molar-refractivity contribution >= 4 is 11.8 Å². The van der Waals surface area contributed by atoms with Gasteiger partial charge < -0.3 is 10.2 Å². The maximum absolute atomic E-state index is 13.7. The molecule has 1 aliphatic rings. The van der Waals surface area contributed by atoms with Crippen LogP contribution in [0.4, 0.5) is 4.39 Å². The van der Waals surface area contributed by atoms with Gasteiger partial charge in [0.05, 0.1) is 5.69 Å². The van der Waals surface area contributed by atoms with E-state index in [0.717, 1.165) is 22.5 Å². The average molecular weight is 415 g/mol. The highest BCUT2D eigenvalue weighted by atomic mass is 19.1. The number of hydrogen-bond acceptors (Lipinski definition) is 3. The minimum absolute atomic E-state index is 0.0271. The molecule has 2 N–H and O–H groups in total. The van der Waals surface area contributed by atoms with Gasteiger partial charge in [0.15, 0.2) is 0 Å². The molecule has 0 bridgehead atoms. The van der Waals surface area contributed by atoms with Crippen molar-refractivity contribution < 1.29 is 14.0 Å². The van der Waals surface area contributed by atoms with E-state index in [0.29, 0.717) is 44.5 Å². The third-order valence-electron chi connectivity index (χ3n) is 6.09. The second kappa shape index (κ2) is 9.41. The number of rotatable bonds is 6. The number of aryl methyl sites for hydroxylation is 3. The lowest BCUT2D eigenvalue weighted by molar-refractivity contribution is -0.138. The second-order valence-electron chi connectivity index (χ2n) is 8.42. The van der Waals surface area contributed by atoms with Gasteiger partial charge in [-0.15, -0.1) is 0 Å². The summed E-state index contributed by atoms with van der Waals surface area (Å²) >= 11 is 0. The van der Waals surface area contributed by atoms with Gasteiger partial charge in [-0.1, -0.05) is 19.1 Å². The third-order valence-corrected chi connectivity index (χ3v) is 6.09. The zero-order valence-electron chi connectivity index (χ0n) is 18.2. The summed E-state index contributed by atoms with van der Waals surface area (Å²) in [6.45, 7) is 9.08. The van der Waals surface area contributed by atoms with Crippen LogP contribution in [0.5, 0.6) is 0 Å². The van der Waals surface area contributed by atoms with Crippen LogP contribution in [0.1, 0.15) is 47.8 Å². The number of benzene rings is 1. The zero-order valence-corrected chi connectivity index (χ0v) is 18.2. The number of piperidine rings is 1. The Morgan fingerprint density at radius 1 is 1.27 bits per heavy atom. The predicted molar refractivity (Wildman–Crippen MR) is 113 cm³/mol. The number of hydrogen-bond donors (Lipinski definition) is 2. The Balaban J connectivity index is 1.47. The summed E-state index contributed by atoms with van der Waals surface area (Å²) in [5, 5.41) is 10.1. The molecule has 0 aliphatic carbocycles.